The molecular formula is C15H14Cl2N2O5S. The molecule has 0 fully saturated rings. The molecule has 2 aromatic rings. The van der Waals surface area contributed by atoms with Crippen LogP contribution in [0.25, 0.3) is 0 Å². The lowest BCUT2D eigenvalue weighted by Gasteiger charge is -2.12. The van der Waals surface area contributed by atoms with E-state index in [4.69, 9.17) is 32.7 Å². The number of carbonyl (C=O) groups excluding carboxylic acids is 1. The van der Waals surface area contributed by atoms with Crippen LogP contribution in [0.2, 0.25) is 10.0 Å². The molecule has 0 aliphatic heterocycles. The van der Waals surface area contributed by atoms with Crippen LogP contribution >= 0.6 is 23.2 Å². The van der Waals surface area contributed by atoms with E-state index < -0.39 is 15.9 Å². The fourth-order valence-electron chi connectivity index (χ4n) is 1.90. The van der Waals surface area contributed by atoms with Gasteiger partial charge in [-0.25, -0.2) is 8.42 Å². The molecule has 0 aliphatic rings. The zero-order chi connectivity index (χ0) is 18.6. The summed E-state index contributed by atoms with van der Waals surface area (Å²) in [4.78, 5) is 13.9. The summed E-state index contributed by atoms with van der Waals surface area (Å²) in [5.74, 6) is 0.0731. The second-order valence-electron chi connectivity index (χ2n) is 4.70. The van der Waals surface area contributed by atoms with Gasteiger partial charge < -0.3 is 9.47 Å². The second kappa shape index (κ2) is 7.92. The van der Waals surface area contributed by atoms with Crippen LogP contribution in [-0.4, -0.2) is 28.5 Å². The summed E-state index contributed by atoms with van der Waals surface area (Å²) in [5.41, 5.74) is 2.26. The lowest BCUT2D eigenvalue weighted by molar-refractivity contribution is 0.0944. The van der Waals surface area contributed by atoms with E-state index in [-0.39, 0.29) is 20.5 Å². The zero-order valence-corrected chi connectivity index (χ0v) is 15.5. The average Bonchev–Trinajstić information content (AvgIpc) is 2.61. The van der Waals surface area contributed by atoms with Crippen LogP contribution in [0.1, 0.15) is 10.4 Å². The monoisotopic (exact) mass is 404 g/mol. The molecule has 2 rings (SSSR count). The van der Waals surface area contributed by atoms with Gasteiger partial charge in [0.15, 0.2) is 11.5 Å². The van der Waals surface area contributed by atoms with Crippen LogP contribution in [0, 0.1) is 0 Å². The topological polar surface area (TPSA) is 93.7 Å². The van der Waals surface area contributed by atoms with Crippen LogP contribution in [0.15, 0.2) is 41.3 Å². The Hall–Kier alpha value is -2.00. The highest BCUT2D eigenvalue weighted by atomic mass is 35.5. The summed E-state index contributed by atoms with van der Waals surface area (Å²) in [6.45, 7) is 0. The van der Waals surface area contributed by atoms with E-state index in [9.17, 15) is 13.2 Å². The summed E-state index contributed by atoms with van der Waals surface area (Å²) in [7, 11) is -1.22. The standard InChI is InChI=1S/C15H14Cl2N2O5S/c1-23-12-6-3-9(7-13(12)24-2)15(20)18-19-25(21,22)14-8-10(16)4-5-11(14)17/h3-8,19H,1-2H3,(H,18,20). The van der Waals surface area contributed by atoms with Crippen LogP contribution < -0.4 is 19.7 Å². The first kappa shape index (κ1) is 19.3. The fourth-order valence-corrected chi connectivity index (χ4v) is 3.50. The van der Waals surface area contributed by atoms with Gasteiger partial charge in [0, 0.05) is 10.6 Å². The molecule has 0 spiro atoms. The minimum Gasteiger partial charge on any atom is -0.493 e. The number of ether oxygens (including phenoxy) is 2. The van der Waals surface area contributed by atoms with Crippen molar-refractivity contribution in [2.24, 2.45) is 0 Å². The first-order valence-electron chi connectivity index (χ1n) is 6.77. The van der Waals surface area contributed by atoms with Crippen molar-refractivity contribution in [2.45, 2.75) is 4.90 Å². The van der Waals surface area contributed by atoms with Crippen molar-refractivity contribution in [3.63, 3.8) is 0 Å². The van der Waals surface area contributed by atoms with Crippen LogP contribution in [0.5, 0.6) is 11.5 Å². The number of hydrogen-bond acceptors (Lipinski definition) is 5. The number of nitrogens with one attached hydrogen (secondary N) is 2. The first-order valence-corrected chi connectivity index (χ1v) is 9.01. The molecule has 0 radical (unpaired) electrons. The third-order valence-electron chi connectivity index (χ3n) is 3.13. The number of benzene rings is 2. The Kier molecular flexibility index (Phi) is 6.12. The highest BCUT2D eigenvalue weighted by molar-refractivity contribution is 7.89. The molecule has 10 heteroatoms. The number of rotatable bonds is 6. The van der Waals surface area contributed by atoms with Gasteiger partial charge in [0.05, 0.1) is 19.2 Å². The van der Waals surface area contributed by atoms with Crippen LogP contribution in [0.3, 0.4) is 0 Å². The quantitative estimate of drug-likeness (QED) is 0.721. The minimum atomic E-state index is -4.10. The Balaban J connectivity index is 2.17. The number of hydrogen-bond donors (Lipinski definition) is 2. The maximum Gasteiger partial charge on any atom is 0.266 e. The molecule has 0 aromatic heterocycles. The number of hydrazine groups is 1. The average molecular weight is 405 g/mol. The van der Waals surface area contributed by atoms with Crippen molar-refractivity contribution in [3.8, 4) is 11.5 Å². The van der Waals surface area contributed by atoms with Gasteiger partial charge in [-0.3, -0.25) is 10.2 Å². The van der Waals surface area contributed by atoms with E-state index in [1.165, 1.54) is 50.6 Å². The first-order chi connectivity index (χ1) is 11.8. The fraction of sp³-hybridized carbons (Fsp3) is 0.133. The van der Waals surface area contributed by atoms with Gasteiger partial charge in [0.25, 0.3) is 15.9 Å². The van der Waals surface area contributed by atoms with Crippen LogP contribution in [0.4, 0.5) is 0 Å². The lowest BCUT2D eigenvalue weighted by atomic mass is 10.2. The van der Waals surface area contributed by atoms with E-state index in [0.717, 1.165) is 0 Å². The Morgan fingerprint density at radius 2 is 1.68 bits per heavy atom. The smallest absolute Gasteiger partial charge is 0.266 e. The van der Waals surface area contributed by atoms with Gasteiger partial charge in [0.2, 0.25) is 0 Å². The number of methoxy groups -OCH3 is 2. The van der Waals surface area contributed by atoms with E-state index in [0.29, 0.717) is 11.5 Å². The third kappa shape index (κ3) is 4.55. The molecule has 25 heavy (non-hydrogen) atoms. The lowest BCUT2D eigenvalue weighted by Crippen LogP contribution is -2.41. The van der Waals surface area contributed by atoms with Gasteiger partial charge in [-0.15, -0.1) is 4.83 Å². The van der Waals surface area contributed by atoms with E-state index in [2.05, 4.69) is 5.43 Å². The van der Waals surface area contributed by atoms with Gasteiger partial charge in [-0.2, -0.15) is 0 Å². The summed E-state index contributed by atoms with van der Waals surface area (Å²) in [6, 6.07) is 8.36. The van der Waals surface area contributed by atoms with Crippen molar-refractivity contribution in [2.75, 3.05) is 14.2 Å². The number of sulfonamides is 1. The van der Waals surface area contributed by atoms with Crippen molar-refractivity contribution in [1.82, 2.24) is 10.3 Å². The number of halogens is 2. The van der Waals surface area contributed by atoms with Gasteiger partial charge in [0.1, 0.15) is 4.90 Å². The third-order valence-corrected chi connectivity index (χ3v) is 5.09. The molecule has 2 N–H and O–H groups in total. The molecule has 0 heterocycles. The summed E-state index contributed by atoms with van der Waals surface area (Å²) >= 11 is 11.6. The molecule has 134 valence electrons. The molecule has 0 atom stereocenters. The Labute approximate surface area is 154 Å². The van der Waals surface area contributed by atoms with Gasteiger partial charge in [-0.1, -0.05) is 23.2 Å². The molecule has 0 unspecified atom stereocenters. The normalized spacial score (nSPS) is 11.0. The van der Waals surface area contributed by atoms with Crippen molar-refractivity contribution in [1.29, 1.82) is 0 Å². The van der Waals surface area contributed by atoms with Gasteiger partial charge >= 0.3 is 0 Å². The highest BCUT2D eigenvalue weighted by Gasteiger charge is 2.20. The maximum atomic E-state index is 12.3. The number of carbonyl (C=O) groups is 1. The summed E-state index contributed by atoms with van der Waals surface area (Å²) < 4.78 is 34.7. The predicted molar refractivity (Wildman–Crippen MR) is 93.8 cm³/mol. The zero-order valence-electron chi connectivity index (χ0n) is 13.2. The molecule has 0 saturated carbocycles. The molecule has 7 nitrogen and oxygen atoms in total. The van der Waals surface area contributed by atoms with Crippen LogP contribution in [-0.2, 0) is 10.0 Å². The van der Waals surface area contributed by atoms with Crippen molar-refractivity contribution in [3.05, 3.63) is 52.0 Å². The molecule has 1 amide bonds. The summed E-state index contributed by atoms with van der Waals surface area (Å²) in [6.07, 6.45) is 0. The Morgan fingerprint density at radius 1 is 1.00 bits per heavy atom. The maximum absolute atomic E-state index is 12.3. The highest BCUT2D eigenvalue weighted by Crippen LogP contribution is 2.27. The Morgan fingerprint density at radius 3 is 2.32 bits per heavy atom. The van der Waals surface area contributed by atoms with E-state index in [1.54, 1.807) is 0 Å². The number of amides is 1. The van der Waals surface area contributed by atoms with Gasteiger partial charge in [-0.05, 0) is 36.4 Å². The summed E-state index contributed by atoms with van der Waals surface area (Å²) in [5, 5.41) is 0.160. The van der Waals surface area contributed by atoms with E-state index >= 15 is 0 Å². The van der Waals surface area contributed by atoms with E-state index in [1.807, 2.05) is 4.83 Å². The largest absolute Gasteiger partial charge is 0.493 e. The Bertz CT molecular complexity index is 903. The SMILES string of the molecule is COc1ccc(C(=O)NNS(=O)(=O)c2cc(Cl)ccc2Cl)cc1OC. The minimum absolute atomic E-state index is 0.0303. The second-order valence-corrected chi connectivity index (χ2v) is 7.20. The molecule has 0 aliphatic carbocycles. The molecule has 0 saturated heterocycles. The van der Waals surface area contributed by atoms with Crippen molar-refractivity contribution >= 4 is 39.1 Å². The van der Waals surface area contributed by atoms with Crippen molar-refractivity contribution < 1.29 is 22.7 Å². The predicted octanol–water partition coefficient (Wildman–Crippen LogP) is 2.63. The molecule has 0 bridgehead atoms. The molecular weight excluding hydrogens is 391 g/mol. The molecule has 2 aromatic carbocycles.